The number of benzene rings is 2. The van der Waals surface area contributed by atoms with E-state index in [9.17, 15) is 8.42 Å². The van der Waals surface area contributed by atoms with E-state index in [2.05, 4.69) is 39.5 Å². The molecule has 1 unspecified atom stereocenters. The summed E-state index contributed by atoms with van der Waals surface area (Å²) in [5.41, 5.74) is 3.32. The van der Waals surface area contributed by atoms with Crippen LogP contribution in [-0.4, -0.2) is 43.7 Å². The van der Waals surface area contributed by atoms with Crippen LogP contribution in [0.25, 0.3) is 10.8 Å². The molecule has 1 aliphatic heterocycles. The fourth-order valence-corrected chi connectivity index (χ4v) is 4.44. The maximum absolute atomic E-state index is 11.6. The second-order valence-electron chi connectivity index (χ2n) is 7.63. The molecule has 3 aromatic rings. The number of hydrogen-bond donors (Lipinski definition) is 1. The lowest BCUT2D eigenvalue weighted by Gasteiger charge is -2.18. The number of anilines is 1. The summed E-state index contributed by atoms with van der Waals surface area (Å²) < 4.78 is 23.2. The third kappa shape index (κ3) is 4.18. The van der Waals surface area contributed by atoms with E-state index in [1.807, 2.05) is 25.3 Å². The van der Waals surface area contributed by atoms with Crippen LogP contribution in [0, 0.1) is 6.92 Å². The van der Waals surface area contributed by atoms with Crippen molar-refractivity contribution in [3.05, 3.63) is 66.0 Å². The molecule has 0 aliphatic carbocycles. The number of nitrogens with one attached hydrogen (secondary N) is 1. The van der Waals surface area contributed by atoms with Crippen molar-refractivity contribution in [3.8, 4) is 0 Å². The first-order valence-electron chi connectivity index (χ1n) is 9.52. The number of likely N-dealkylation sites (tertiary alicyclic amines) is 1. The second-order valence-corrected chi connectivity index (χ2v) is 9.65. The highest BCUT2D eigenvalue weighted by Crippen LogP contribution is 2.26. The van der Waals surface area contributed by atoms with Gasteiger partial charge in [0.2, 0.25) is 0 Å². The minimum absolute atomic E-state index is 0.373. The number of rotatable bonds is 5. The van der Waals surface area contributed by atoms with Gasteiger partial charge in [0.1, 0.15) is 0 Å². The maximum atomic E-state index is 11.6. The summed E-state index contributed by atoms with van der Waals surface area (Å²) in [5.74, 6) is 0. The monoisotopic (exact) mass is 395 g/mol. The standard InChI is InChI=1S/C22H25N3O2S/c1-16-12-21-18(13-23-16)4-3-5-22(21)24-19-10-11-25(15-19)14-17-6-8-20(9-7-17)28(2,26)27/h3-9,12-13,19,24H,10-11,14-15H2,1-2H3. The molecule has 1 fully saturated rings. The Morgan fingerprint density at radius 1 is 1.18 bits per heavy atom. The Bertz CT molecular complexity index is 1090. The van der Waals surface area contributed by atoms with E-state index in [4.69, 9.17) is 0 Å². The number of pyridine rings is 1. The number of sulfone groups is 1. The topological polar surface area (TPSA) is 62.3 Å². The molecule has 0 radical (unpaired) electrons. The Balaban J connectivity index is 1.42. The first-order valence-corrected chi connectivity index (χ1v) is 11.4. The van der Waals surface area contributed by atoms with Gasteiger partial charge in [-0.1, -0.05) is 24.3 Å². The predicted octanol–water partition coefficient (Wildman–Crippen LogP) is 3.63. The van der Waals surface area contributed by atoms with Crippen molar-refractivity contribution in [2.75, 3.05) is 24.7 Å². The molecule has 6 heteroatoms. The van der Waals surface area contributed by atoms with E-state index in [0.717, 1.165) is 48.4 Å². The van der Waals surface area contributed by atoms with Crippen LogP contribution in [0.2, 0.25) is 0 Å². The lowest BCUT2D eigenvalue weighted by atomic mass is 10.1. The van der Waals surface area contributed by atoms with Crippen molar-refractivity contribution < 1.29 is 8.42 Å². The van der Waals surface area contributed by atoms with E-state index >= 15 is 0 Å². The van der Waals surface area contributed by atoms with Crippen molar-refractivity contribution in [1.29, 1.82) is 0 Å². The van der Waals surface area contributed by atoms with Crippen molar-refractivity contribution >= 4 is 26.3 Å². The first kappa shape index (κ1) is 18.9. The van der Waals surface area contributed by atoms with Crippen LogP contribution in [0.5, 0.6) is 0 Å². The predicted molar refractivity (Wildman–Crippen MR) is 113 cm³/mol. The molecule has 2 heterocycles. The van der Waals surface area contributed by atoms with Gasteiger partial charge < -0.3 is 5.32 Å². The van der Waals surface area contributed by atoms with Crippen molar-refractivity contribution in [2.45, 2.75) is 30.8 Å². The number of aromatic nitrogens is 1. The highest BCUT2D eigenvalue weighted by atomic mass is 32.2. The van der Waals surface area contributed by atoms with Gasteiger partial charge in [-0.15, -0.1) is 0 Å². The average Bonchev–Trinajstić information content (AvgIpc) is 3.09. The van der Waals surface area contributed by atoms with Crippen molar-refractivity contribution in [1.82, 2.24) is 9.88 Å². The summed E-state index contributed by atoms with van der Waals surface area (Å²) in [6.07, 6.45) is 4.25. The Labute approximate surface area is 166 Å². The van der Waals surface area contributed by atoms with E-state index in [1.165, 1.54) is 11.6 Å². The lowest BCUT2D eigenvalue weighted by molar-refractivity contribution is 0.328. The molecule has 4 rings (SSSR count). The largest absolute Gasteiger partial charge is 0.380 e. The quantitative estimate of drug-likeness (QED) is 0.715. The highest BCUT2D eigenvalue weighted by Gasteiger charge is 2.23. The van der Waals surface area contributed by atoms with Gasteiger partial charge in [-0.25, -0.2) is 8.42 Å². The highest BCUT2D eigenvalue weighted by molar-refractivity contribution is 7.90. The summed E-state index contributed by atoms with van der Waals surface area (Å²) in [6, 6.07) is 16.0. The molecule has 2 aromatic carbocycles. The van der Waals surface area contributed by atoms with Gasteiger partial charge in [0.15, 0.2) is 9.84 Å². The molecule has 0 amide bonds. The van der Waals surface area contributed by atoms with Crippen LogP contribution in [-0.2, 0) is 16.4 Å². The summed E-state index contributed by atoms with van der Waals surface area (Å²) in [4.78, 5) is 7.17. The van der Waals surface area contributed by atoms with Crippen LogP contribution in [0.3, 0.4) is 0 Å². The van der Waals surface area contributed by atoms with Gasteiger partial charge in [0, 0.05) is 60.3 Å². The third-order valence-corrected chi connectivity index (χ3v) is 6.42. The first-order chi connectivity index (χ1) is 13.4. The van der Waals surface area contributed by atoms with E-state index < -0.39 is 9.84 Å². The van der Waals surface area contributed by atoms with Crippen LogP contribution in [0.15, 0.2) is 59.6 Å². The zero-order chi connectivity index (χ0) is 19.7. The molecule has 146 valence electrons. The summed E-state index contributed by atoms with van der Waals surface area (Å²) >= 11 is 0. The molecular weight excluding hydrogens is 370 g/mol. The molecule has 0 spiro atoms. The zero-order valence-electron chi connectivity index (χ0n) is 16.2. The van der Waals surface area contributed by atoms with E-state index in [-0.39, 0.29) is 0 Å². The van der Waals surface area contributed by atoms with Crippen LogP contribution < -0.4 is 5.32 Å². The van der Waals surface area contributed by atoms with Crippen LogP contribution in [0.4, 0.5) is 5.69 Å². The third-order valence-electron chi connectivity index (χ3n) is 5.29. The second kappa shape index (κ2) is 7.53. The average molecular weight is 396 g/mol. The summed E-state index contributed by atoms with van der Waals surface area (Å²) in [6.45, 7) is 4.84. The SMILES string of the molecule is Cc1cc2c(NC3CCN(Cc4ccc(S(C)(=O)=O)cc4)C3)cccc2cn1. The van der Waals surface area contributed by atoms with Gasteiger partial charge in [0.05, 0.1) is 4.90 Å². The molecule has 0 saturated carbocycles. The van der Waals surface area contributed by atoms with Crippen LogP contribution >= 0.6 is 0 Å². The fraction of sp³-hybridized carbons (Fsp3) is 0.318. The normalized spacial score (nSPS) is 17.9. The summed E-state index contributed by atoms with van der Waals surface area (Å²) in [7, 11) is -3.14. The Kier molecular flexibility index (Phi) is 5.08. The van der Waals surface area contributed by atoms with Gasteiger partial charge in [-0.3, -0.25) is 9.88 Å². The molecule has 1 N–H and O–H groups in total. The Morgan fingerprint density at radius 2 is 1.96 bits per heavy atom. The Morgan fingerprint density at radius 3 is 2.71 bits per heavy atom. The van der Waals surface area contributed by atoms with Gasteiger partial charge >= 0.3 is 0 Å². The van der Waals surface area contributed by atoms with Gasteiger partial charge in [0.25, 0.3) is 0 Å². The molecule has 1 atom stereocenters. The van der Waals surface area contributed by atoms with Crippen molar-refractivity contribution in [2.24, 2.45) is 0 Å². The molecular formula is C22H25N3O2S. The maximum Gasteiger partial charge on any atom is 0.175 e. The van der Waals surface area contributed by atoms with Gasteiger partial charge in [-0.05, 0) is 43.2 Å². The lowest BCUT2D eigenvalue weighted by Crippen LogP contribution is -2.26. The van der Waals surface area contributed by atoms with Gasteiger partial charge in [-0.2, -0.15) is 0 Å². The van der Waals surface area contributed by atoms with Crippen LogP contribution in [0.1, 0.15) is 17.7 Å². The van der Waals surface area contributed by atoms with Crippen molar-refractivity contribution in [3.63, 3.8) is 0 Å². The Hall–Kier alpha value is -2.44. The number of nitrogens with zero attached hydrogens (tertiary/aromatic N) is 2. The molecule has 1 aliphatic rings. The number of aryl methyl sites for hydroxylation is 1. The molecule has 5 nitrogen and oxygen atoms in total. The zero-order valence-corrected chi connectivity index (χ0v) is 17.0. The fourth-order valence-electron chi connectivity index (χ4n) is 3.81. The molecule has 28 heavy (non-hydrogen) atoms. The number of fused-ring (bicyclic) bond motifs is 1. The molecule has 0 bridgehead atoms. The van der Waals surface area contributed by atoms with E-state index in [1.54, 1.807) is 12.1 Å². The number of hydrogen-bond acceptors (Lipinski definition) is 5. The molecule has 1 saturated heterocycles. The minimum atomic E-state index is -3.14. The van der Waals surface area contributed by atoms with E-state index in [0.29, 0.717) is 10.9 Å². The molecule has 1 aromatic heterocycles. The summed E-state index contributed by atoms with van der Waals surface area (Å²) in [5, 5.41) is 6.07. The minimum Gasteiger partial charge on any atom is -0.380 e. The smallest absolute Gasteiger partial charge is 0.175 e.